The quantitative estimate of drug-likeness (QED) is 0.818. The lowest BCUT2D eigenvalue weighted by atomic mass is 10.2. The van der Waals surface area contributed by atoms with Crippen LogP contribution < -0.4 is 5.32 Å². The molecule has 21 heavy (non-hydrogen) atoms. The molecule has 0 saturated carbocycles. The van der Waals surface area contributed by atoms with Gasteiger partial charge in [0, 0.05) is 43.3 Å². The van der Waals surface area contributed by atoms with Crippen LogP contribution in [0.25, 0.3) is 0 Å². The number of hydrogen-bond donors (Lipinski definition) is 1. The number of carbonyl (C=O) groups is 1. The summed E-state index contributed by atoms with van der Waals surface area (Å²) in [6, 6.07) is 7.05. The van der Waals surface area contributed by atoms with Crippen LogP contribution in [-0.4, -0.2) is 61.5 Å². The molecule has 0 spiro atoms. The molecule has 0 atom stereocenters. The van der Waals surface area contributed by atoms with E-state index < -0.39 is 0 Å². The number of benzene rings is 1. The van der Waals surface area contributed by atoms with E-state index in [1.807, 2.05) is 0 Å². The Morgan fingerprint density at radius 2 is 1.95 bits per heavy atom. The molecule has 5 heteroatoms. The summed E-state index contributed by atoms with van der Waals surface area (Å²) in [7, 11) is 0. The molecule has 1 aliphatic rings. The lowest BCUT2D eigenvalue weighted by molar-refractivity contribution is 0.0948. The number of amides is 1. The second-order valence-corrected chi connectivity index (χ2v) is 5.83. The highest BCUT2D eigenvalue weighted by Crippen LogP contribution is 2.10. The third-order valence-corrected chi connectivity index (χ3v) is 4.17. The Hall–Kier alpha value is -1.10. The Bertz CT molecular complexity index is 459. The normalized spacial score (nSPS) is 16.9. The molecule has 1 aromatic carbocycles. The average molecular weight is 310 g/mol. The number of piperazine rings is 1. The van der Waals surface area contributed by atoms with Gasteiger partial charge in [0.25, 0.3) is 5.91 Å². The zero-order chi connectivity index (χ0) is 15.1. The van der Waals surface area contributed by atoms with Crippen LogP contribution in [0.2, 0.25) is 5.02 Å². The van der Waals surface area contributed by atoms with Crippen LogP contribution in [0.15, 0.2) is 24.3 Å². The molecule has 4 nitrogen and oxygen atoms in total. The number of carbonyl (C=O) groups excluding carboxylic acids is 1. The molecule has 0 bridgehead atoms. The van der Waals surface area contributed by atoms with Crippen molar-refractivity contribution in [2.75, 3.05) is 45.8 Å². The maximum absolute atomic E-state index is 11.9. The fraction of sp³-hybridized carbons (Fsp3) is 0.562. The Balaban J connectivity index is 1.63. The number of nitrogens with one attached hydrogen (secondary N) is 1. The van der Waals surface area contributed by atoms with Crippen LogP contribution in [0, 0.1) is 0 Å². The summed E-state index contributed by atoms with van der Waals surface area (Å²) in [5.74, 6) is -0.0479. The molecule has 1 amide bonds. The lowest BCUT2D eigenvalue weighted by Crippen LogP contribution is -2.46. The van der Waals surface area contributed by atoms with Crippen molar-refractivity contribution in [3.05, 3.63) is 34.9 Å². The van der Waals surface area contributed by atoms with E-state index in [-0.39, 0.29) is 5.91 Å². The van der Waals surface area contributed by atoms with Crippen molar-refractivity contribution < 1.29 is 4.79 Å². The van der Waals surface area contributed by atoms with E-state index in [1.54, 1.807) is 24.3 Å². The molecule has 0 unspecified atom stereocenters. The van der Waals surface area contributed by atoms with E-state index >= 15 is 0 Å². The number of halogens is 1. The average Bonchev–Trinajstić information content (AvgIpc) is 2.52. The third-order valence-electron chi connectivity index (χ3n) is 3.94. The van der Waals surface area contributed by atoms with Gasteiger partial charge >= 0.3 is 0 Å². The van der Waals surface area contributed by atoms with Gasteiger partial charge in [0.15, 0.2) is 0 Å². The molecular weight excluding hydrogens is 286 g/mol. The van der Waals surface area contributed by atoms with Gasteiger partial charge in [0.2, 0.25) is 0 Å². The van der Waals surface area contributed by atoms with Gasteiger partial charge in [-0.3, -0.25) is 4.79 Å². The van der Waals surface area contributed by atoms with Gasteiger partial charge < -0.3 is 15.1 Å². The predicted molar refractivity (Wildman–Crippen MR) is 87.0 cm³/mol. The molecule has 0 aromatic heterocycles. The lowest BCUT2D eigenvalue weighted by Gasteiger charge is -2.33. The molecule has 1 saturated heterocycles. The molecular formula is C16H24ClN3O. The molecule has 116 valence electrons. The van der Waals surface area contributed by atoms with Crippen LogP contribution >= 0.6 is 11.6 Å². The van der Waals surface area contributed by atoms with Gasteiger partial charge in [-0.05, 0) is 37.7 Å². The largest absolute Gasteiger partial charge is 0.352 e. The summed E-state index contributed by atoms with van der Waals surface area (Å²) in [6.45, 7) is 9.69. The van der Waals surface area contributed by atoms with Crippen LogP contribution in [0.4, 0.5) is 0 Å². The van der Waals surface area contributed by atoms with Crippen molar-refractivity contribution in [3.63, 3.8) is 0 Å². The Kier molecular flexibility index (Phi) is 6.49. The van der Waals surface area contributed by atoms with E-state index in [1.165, 1.54) is 0 Å². The Morgan fingerprint density at radius 1 is 1.24 bits per heavy atom. The second-order valence-electron chi connectivity index (χ2n) is 5.40. The highest BCUT2D eigenvalue weighted by Gasteiger charge is 2.14. The molecule has 2 rings (SSSR count). The van der Waals surface area contributed by atoms with Gasteiger partial charge in [0.05, 0.1) is 0 Å². The summed E-state index contributed by atoms with van der Waals surface area (Å²) in [5, 5.41) is 3.54. The van der Waals surface area contributed by atoms with E-state index in [2.05, 4.69) is 22.0 Å². The second kappa shape index (κ2) is 8.37. The van der Waals surface area contributed by atoms with Crippen molar-refractivity contribution in [2.24, 2.45) is 0 Å². The van der Waals surface area contributed by atoms with Gasteiger partial charge in [-0.25, -0.2) is 0 Å². The Labute approximate surface area is 132 Å². The first kappa shape index (κ1) is 16.3. The van der Waals surface area contributed by atoms with Crippen molar-refractivity contribution >= 4 is 17.5 Å². The number of nitrogens with zero attached hydrogens (tertiary/aromatic N) is 2. The SMILES string of the molecule is CCN1CCN(CCCNC(=O)c2cccc(Cl)c2)CC1. The summed E-state index contributed by atoms with van der Waals surface area (Å²) in [6.07, 6.45) is 0.985. The molecule has 1 N–H and O–H groups in total. The predicted octanol–water partition coefficient (Wildman–Crippen LogP) is 2.10. The van der Waals surface area contributed by atoms with E-state index in [0.29, 0.717) is 17.1 Å². The number of rotatable bonds is 6. The molecule has 1 heterocycles. The van der Waals surface area contributed by atoms with Crippen molar-refractivity contribution in [1.82, 2.24) is 15.1 Å². The molecule has 0 radical (unpaired) electrons. The highest BCUT2D eigenvalue weighted by molar-refractivity contribution is 6.30. The third kappa shape index (κ3) is 5.30. The van der Waals surface area contributed by atoms with Crippen LogP contribution in [0.3, 0.4) is 0 Å². The first-order valence-electron chi connectivity index (χ1n) is 7.67. The maximum atomic E-state index is 11.9. The zero-order valence-corrected chi connectivity index (χ0v) is 13.4. The topological polar surface area (TPSA) is 35.6 Å². The summed E-state index contributed by atoms with van der Waals surface area (Å²) in [5.41, 5.74) is 0.624. The number of likely N-dealkylation sites (N-methyl/N-ethyl adjacent to an activating group) is 1. The first-order valence-corrected chi connectivity index (χ1v) is 8.05. The van der Waals surface area contributed by atoms with E-state index in [0.717, 1.165) is 45.7 Å². The minimum atomic E-state index is -0.0479. The van der Waals surface area contributed by atoms with Crippen molar-refractivity contribution in [1.29, 1.82) is 0 Å². The smallest absolute Gasteiger partial charge is 0.251 e. The summed E-state index contributed by atoms with van der Waals surface area (Å²) < 4.78 is 0. The van der Waals surface area contributed by atoms with Crippen LogP contribution in [0.1, 0.15) is 23.7 Å². The van der Waals surface area contributed by atoms with Gasteiger partial charge in [-0.15, -0.1) is 0 Å². The molecule has 1 fully saturated rings. The van der Waals surface area contributed by atoms with Crippen molar-refractivity contribution in [3.8, 4) is 0 Å². The van der Waals surface area contributed by atoms with Gasteiger partial charge in [0.1, 0.15) is 0 Å². The molecule has 0 aliphatic carbocycles. The van der Waals surface area contributed by atoms with E-state index in [4.69, 9.17) is 11.6 Å². The summed E-state index contributed by atoms with van der Waals surface area (Å²) in [4.78, 5) is 16.9. The molecule has 1 aliphatic heterocycles. The minimum absolute atomic E-state index is 0.0479. The van der Waals surface area contributed by atoms with Crippen LogP contribution in [-0.2, 0) is 0 Å². The first-order chi connectivity index (χ1) is 10.2. The van der Waals surface area contributed by atoms with Crippen LogP contribution in [0.5, 0.6) is 0 Å². The minimum Gasteiger partial charge on any atom is -0.352 e. The number of hydrogen-bond acceptors (Lipinski definition) is 3. The highest BCUT2D eigenvalue weighted by atomic mass is 35.5. The summed E-state index contributed by atoms with van der Waals surface area (Å²) >= 11 is 5.88. The van der Waals surface area contributed by atoms with Crippen molar-refractivity contribution in [2.45, 2.75) is 13.3 Å². The molecule has 1 aromatic rings. The maximum Gasteiger partial charge on any atom is 0.251 e. The standard InChI is InChI=1S/C16H24ClN3O/c1-2-19-9-11-20(12-10-19)8-4-7-18-16(21)14-5-3-6-15(17)13-14/h3,5-6,13H,2,4,7-12H2,1H3,(H,18,21). The van der Waals surface area contributed by atoms with E-state index in [9.17, 15) is 4.79 Å². The van der Waals surface area contributed by atoms with Gasteiger partial charge in [-0.1, -0.05) is 24.6 Å². The zero-order valence-electron chi connectivity index (χ0n) is 12.6. The monoisotopic (exact) mass is 309 g/mol. The van der Waals surface area contributed by atoms with Gasteiger partial charge in [-0.2, -0.15) is 0 Å². The Morgan fingerprint density at radius 3 is 2.62 bits per heavy atom. The fourth-order valence-electron chi connectivity index (χ4n) is 2.57. The fourth-order valence-corrected chi connectivity index (χ4v) is 2.76.